The molecule has 0 aliphatic carbocycles. The Kier molecular flexibility index (Phi) is 5.78. The Morgan fingerprint density at radius 3 is 2.54 bits per heavy atom. The van der Waals surface area contributed by atoms with Crippen LogP contribution >= 0.6 is 0 Å². The lowest BCUT2D eigenvalue weighted by atomic mass is 10.1. The van der Waals surface area contributed by atoms with E-state index < -0.39 is 0 Å². The van der Waals surface area contributed by atoms with Gasteiger partial charge in [-0.05, 0) is 44.0 Å². The predicted octanol–water partition coefficient (Wildman–Crippen LogP) is 3.50. The van der Waals surface area contributed by atoms with Crippen molar-refractivity contribution < 1.29 is 14.3 Å². The number of nitrogens with one attached hydrogen (secondary N) is 1. The molecule has 1 N–H and O–H groups in total. The van der Waals surface area contributed by atoms with E-state index >= 15 is 0 Å². The Bertz CT molecular complexity index is 746. The molecular formula is C21H26N2O3. The summed E-state index contributed by atoms with van der Waals surface area (Å²) in [5, 5.41) is 3.08. The topological polar surface area (TPSA) is 50.8 Å². The summed E-state index contributed by atoms with van der Waals surface area (Å²) in [7, 11) is 0. The first-order valence-electron chi connectivity index (χ1n) is 9.00. The normalized spacial score (nSPS) is 13.9. The molecule has 26 heavy (non-hydrogen) atoms. The fourth-order valence-corrected chi connectivity index (χ4v) is 2.98. The van der Waals surface area contributed by atoms with Gasteiger partial charge in [-0.1, -0.05) is 36.4 Å². The van der Waals surface area contributed by atoms with Crippen molar-refractivity contribution in [2.45, 2.75) is 39.4 Å². The van der Waals surface area contributed by atoms with Crippen molar-refractivity contribution in [3.8, 4) is 11.5 Å². The molecule has 3 rings (SSSR count). The summed E-state index contributed by atoms with van der Waals surface area (Å²) in [6, 6.07) is 16.2. The summed E-state index contributed by atoms with van der Waals surface area (Å²) >= 11 is 0. The second kappa shape index (κ2) is 8.23. The molecule has 1 heterocycles. The van der Waals surface area contributed by atoms with Gasteiger partial charge in [-0.25, -0.2) is 0 Å². The number of carbonyl (C=O) groups excluding carboxylic acids is 1. The van der Waals surface area contributed by atoms with E-state index in [1.807, 2.05) is 43.3 Å². The van der Waals surface area contributed by atoms with Gasteiger partial charge >= 0.3 is 0 Å². The van der Waals surface area contributed by atoms with Gasteiger partial charge in [0.2, 0.25) is 12.7 Å². The molecule has 0 saturated carbocycles. The first kappa shape index (κ1) is 18.3. The molecule has 0 radical (unpaired) electrons. The quantitative estimate of drug-likeness (QED) is 0.827. The third-order valence-electron chi connectivity index (χ3n) is 4.58. The van der Waals surface area contributed by atoms with Crippen LogP contribution in [0.4, 0.5) is 0 Å². The SMILES string of the molecule is CC(NC(=O)CN(Cc1ccccc1)C(C)C)c1ccc2c(c1)OCO2. The predicted molar refractivity (Wildman–Crippen MR) is 101 cm³/mol. The summed E-state index contributed by atoms with van der Waals surface area (Å²) in [6.07, 6.45) is 0. The lowest BCUT2D eigenvalue weighted by molar-refractivity contribution is -0.123. The zero-order valence-corrected chi connectivity index (χ0v) is 15.6. The van der Waals surface area contributed by atoms with Gasteiger partial charge in [0.25, 0.3) is 0 Å². The zero-order valence-electron chi connectivity index (χ0n) is 15.6. The highest BCUT2D eigenvalue weighted by atomic mass is 16.7. The van der Waals surface area contributed by atoms with Crippen LogP contribution in [0, 0.1) is 0 Å². The average molecular weight is 354 g/mol. The Morgan fingerprint density at radius 1 is 1.08 bits per heavy atom. The molecule has 0 aromatic heterocycles. The lowest BCUT2D eigenvalue weighted by Crippen LogP contribution is -2.41. The standard InChI is InChI=1S/C21H26N2O3/c1-15(2)23(12-17-7-5-4-6-8-17)13-21(24)22-16(3)18-9-10-19-20(11-18)26-14-25-19/h4-11,15-16H,12-14H2,1-3H3,(H,22,24). The maximum Gasteiger partial charge on any atom is 0.234 e. The van der Waals surface area contributed by atoms with Crippen LogP contribution in [0.5, 0.6) is 11.5 Å². The largest absolute Gasteiger partial charge is 0.454 e. The Hall–Kier alpha value is -2.53. The number of fused-ring (bicyclic) bond motifs is 1. The first-order chi connectivity index (χ1) is 12.5. The fraction of sp³-hybridized carbons (Fsp3) is 0.381. The van der Waals surface area contributed by atoms with E-state index in [1.54, 1.807) is 0 Å². The van der Waals surface area contributed by atoms with Crippen LogP contribution in [0.15, 0.2) is 48.5 Å². The van der Waals surface area contributed by atoms with Crippen LogP contribution in [0.25, 0.3) is 0 Å². The highest BCUT2D eigenvalue weighted by molar-refractivity contribution is 5.78. The number of amides is 1. The molecule has 2 aromatic rings. The van der Waals surface area contributed by atoms with Gasteiger partial charge in [0.15, 0.2) is 11.5 Å². The van der Waals surface area contributed by atoms with Crippen molar-refractivity contribution in [1.82, 2.24) is 10.2 Å². The average Bonchev–Trinajstić information content (AvgIpc) is 3.09. The van der Waals surface area contributed by atoms with E-state index in [-0.39, 0.29) is 24.8 Å². The molecule has 5 nitrogen and oxygen atoms in total. The number of carbonyl (C=O) groups is 1. The minimum atomic E-state index is -0.0947. The molecule has 5 heteroatoms. The highest BCUT2D eigenvalue weighted by Crippen LogP contribution is 2.34. The van der Waals surface area contributed by atoms with Crippen molar-refractivity contribution in [2.75, 3.05) is 13.3 Å². The molecule has 1 atom stereocenters. The first-order valence-corrected chi connectivity index (χ1v) is 9.00. The summed E-state index contributed by atoms with van der Waals surface area (Å²) in [6.45, 7) is 7.56. The Morgan fingerprint density at radius 2 is 1.81 bits per heavy atom. The van der Waals surface area contributed by atoms with Crippen molar-refractivity contribution in [1.29, 1.82) is 0 Å². The van der Waals surface area contributed by atoms with Crippen molar-refractivity contribution in [3.63, 3.8) is 0 Å². The minimum absolute atomic E-state index is 0.0137. The smallest absolute Gasteiger partial charge is 0.234 e. The molecule has 1 amide bonds. The summed E-state index contributed by atoms with van der Waals surface area (Å²) in [5.74, 6) is 1.50. The fourth-order valence-electron chi connectivity index (χ4n) is 2.98. The number of ether oxygens (including phenoxy) is 2. The molecule has 1 unspecified atom stereocenters. The van der Waals surface area contributed by atoms with Gasteiger partial charge in [0.1, 0.15) is 0 Å². The summed E-state index contributed by atoms with van der Waals surface area (Å²) < 4.78 is 10.7. The van der Waals surface area contributed by atoms with Gasteiger partial charge < -0.3 is 14.8 Å². The second-order valence-electron chi connectivity index (χ2n) is 6.89. The summed E-state index contributed by atoms with van der Waals surface area (Å²) in [5.41, 5.74) is 2.21. The third-order valence-corrected chi connectivity index (χ3v) is 4.58. The maximum absolute atomic E-state index is 12.6. The number of rotatable bonds is 7. The van der Waals surface area contributed by atoms with E-state index in [4.69, 9.17) is 9.47 Å². The monoisotopic (exact) mass is 354 g/mol. The molecule has 0 bridgehead atoms. The molecular weight excluding hydrogens is 328 g/mol. The van der Waals surface area contributed by atoms with Crippen molar-refractivity contribution >= 4 is 5.91 Å². The molecule has 138 valence electrons. The van der Waals surface area contributed by atoms with Crippen molar-refractivity contribution in [3.05, 3.63) is 59.7 Å². The molecule has 1 aliphatic heterocycles. The second-order valence-corrected chi connectivity index (χ2v) is 6.89. The molecule has 0 spiro atoms. The van der Waals surface area contributed by atoms with Gasteiger partial charge in [-0.2, -0.15) is 0 Å². The third kappa shape index (κ3) is 4.55. The van der Waals surface area contributed by atoms with Crippen LogP contribution < -0.4 is 14.8 Å². The van der Waals surface area contributed by atoms with Crippen LogP contribution in [0.3, 0.4) is 0 Å². The van der Waals surface area contributed by atoms with E-state index in [9.17, 15) is 4.79 Å². The van der Waals surface area contributed by atoms with Crippen LogP contribution in [-0.4, -0.2) is 30.2 Å². The van der Waals surface area contributed by atoms with Gasteiger partial charge in [0, 0.05) is 12.6 Å². The van der Waals surface area contributed by atoms with E-state index in [2.05, 4.69) is 36.2 Å². The van der Waals surface area contributed by atoms with E-state index in [0.717, 1.165) is 23.6 Å². The van der Waals surface area contributed by atoms with Gasteiger partial charge in [-0.3, -0.25) is 9.69 Å². The molecule has 0 fully saturated rings. The van der Waals surface area contributed by atoms with E-state index in [1.165, 1.54) is 5.56 Å². The Balaban J connectivity index is 1.59. The van der Waals surface area contributed by atoms with Crippen LogP contribution in [0.2, 0.25) is 0 Å². The highest BCUT2D eigenvalue weighted by Gasteiger charge is 2.19. The number of hydrogen-bond acceptors (Lipinski definition) is 4. The van der Waals surface area contributed by atoms with Crippen LogP contribution in [0.1, 0.15) is 37.9 Å². The zero-order chi connectivity index (χ0) is 18.5. The van der Waals surface area contributed by atoms with Gasteiger partial charge in [-0.15, -0.1) is 0 Å². The number of nitrogens with zero attached hydrogens (tertiary/aromatic N) is 1. The maximum atomic E-state index is 12.6. The number of benzene rings is 2. The number of hydrogen-bond donors (Lipinski definition) is 1. The minimum Gasteiger partial charge on any atom is -0.454 e. The molecule has 0 saturated heterocycles. The van der Waals surface area contributed by atoms with Crippen molar-refractivity contribution in [2.24, 2.45) is 0 Å². The van der Waals surface area contributed by atoms with E-state index in [0.29, 0.717) is 6.54 Å². The lowest BCUT2D eigenvalue weighted by Gasteiger charge is -2.26. The molecule has 2 aromatic carbocycles. The van der Waals surface area contributed by atoms with Gasteiger partial charge in [0.05, 0.1) is 12.6 Å². The Labute approximate surface area is 154 Å². The summed E-state index contributed by atoms with van der Waals surface area (Å²) in [4.78, 5) is 14.7. The van der Waals surface area contributed by atoms with Crippen LogP contribution in [-0.2, 0) is 11.3 Å². The molecule has 1 aliphatic rings.